The molecule has 0 bridgehead atoms. The maximum absolute atomic E-state index is 12.7. The Bertz CT molecular complexity index is 388. The van der Waals surface area contributed by atoms with Crippen molar-refractivity contribution >= 4 is 12.0 Å². The van der Waals surface area contributed by atoms with Crippen molar-refractivity contribution in [2.24, 2.45) is 0 Å². The summed E-state index contributed by atoms with van der Waals surface area (Å²) in [6, 6.07) is 0.576. The van der Waals surface area contributed by atoms with Gasteiger partial charge in [-0.15, -0.1) is 0 Å². The average molecular weight is 297 g/mol. The van der Waals surface area contributed by atoms with Crippen LogP contribution in [0.15, 0.2) is 0 Å². The monoisotopic (exact) mass is 297 g/mol. The van der Waals surface area contributed by atoms with Gasteiger partial charge in [0.25, 0.3) is 0 Å². The number of aliphatic carboxylic acids is 1. The van der Waals surface area contributed by atoms with E-state index in [-0.39, 0.29) is 18.5 Å². The highest BCUT2D eigenvalue weighted by atomic mass is 16.4. The zero-order valence-electron chi connectivity index (χ0n) is 13.1. The lowest BCUT2D eigenvalue weighted by atomic mass is 9.98. The van der Waals surface area contributed by atoms with Gasteiger partial charge in [0.15, 0.2) is 0 Å². The van der Waals surface area contributed by atoms with Gasteiger partial charge >= 0.3 is 12.0 Å². The Morgan fingerprint density at radius 2 is 1.95 bits per heavy atom. The maximum Gasteiger partial charge on any atom is 0.320 e. The third-order valence-corrected chi connectivity index (χ3v) is 4.79. The lowest BCUT2D eigenvalue weighted by Gasteiger charge is -2.43. The molecule has 21 heavy (non-hydrogen) atoms. The molecule has 2 atom stereocenters. The van der Waals surface area contributed by atoms with Crippen molar-refractivity contribution in [3.8, 4) is 0 Å². The molecule has 2 aliphatic heterocycles. The van der Waals surface area contributed by atoms with E-state index in [1.165, 1.54) is 0 Å². The van der Waals surface area contributed by atoms with E-state index in [2.05, 4.69) is 18.9 Å². The number of carboxylic acids is 1. The van der Waals surface area contributed by atoms with Crippen molar-refractivity contribution in [2.75, 3.05) is 33.2 Å². The van der Waals surface area contributed by atoms with E-state index in [4.69, 9.17) is 5.11 Å². The standard InChI is InChI=1S/C15H27N3O3/c1-12-11-17(10-9-16(12)2)15(21)18-8-4-3-5-13(18)6-7-14(19)20/h12-13H,3-11H2,1-2H3,(H,19,20). The van der Waals surface area contributed by atoms with Gasteiger partial charge < -0.3 is 19.8 Å². The molecule has 0 aliphatic carbocycles. The number of carbonyl (C=O) groups is 2. The van der Waals surface area contributed by atoms with Crippen LogP contribution in [0.4, 0.5) is 4.79 Å². The van der Waals surface area contributed by atoms with Gasteiger partial charge in [0.05, 0.1) is 0 Å². The fourth-order valence-corrected chi connectivity index (χ4v) is 3.25. The van der Waals surface area contributed by atoms with Crippen LogP contribution < -0.4 is 0 Å². The molecule has 2 heterocycles. The first-order valence-electron chi connectivity index (χ1n) is 7.96. The third-order valence-electron chi connectivity index (χ3n) is 4.79. The lowest BCUT2D eigenvalue weighted by molar-refractivity contribution is -0.137. The molecule has 2 saturated heterocycles. The smallest absolute Gasteiger partial charge is 0.320 e. The SMILES string of the molecule is CC1CN(C(=O)N2CCCCC2CCC(=O)O)CCN1C. The van der Waals surface area contributed by atoms with Crippen LogP contribution in [0, 0.1) is 0 Å². The van der Waals surface area contributed by atoms with Crippen LogP contribution in [-0.2, 0) is 4.79 Å². The summed E-state index contributed by atoms with van der Waals surface area (Å²) in [5.41, 5.74) is 0. The molecule has 2 aliphatic rings. The van der Waals surface area contributed by atoms with E-state index < -0.39 is 5.97 Å². The summed E-state index contributed by atoms with van der Waals surface area (Å²) < 4.78 is 0. The van der Waals surface area contributed by atoms with Crippen LogP contribution in [0.5, 0.6) is 0 Å². The lowest BCUT2D eigenvalue weighted by Crippen LogP contribution is -2.57. The predicted octanol–water partition coefficient (Wildman–Crippen LogP) is 1.46. The van der Waals surface area contributed by atoms with E-state index in [0.29, 0.717) is 12.5 Å². The molecule has 2 rings (SSSR count). The van der Waals surface area contributed by atoms with E-state index >= 15 is 0 Å². The van der Waals surface area contributed by atoms with Gasteiger partial charge in [-0.3, -0.25) is 4.79 Å². The number of urea groups is 1. The van der Waals surface area contributed by atoms with Crippen molar-refractivity contribution in [1.29, 1.82) is 0 Å². The highest BCUT2D eigenvalue weighted by molar-refractivity contribution is 5.75. The van der Waals surface area contributed by atoms with Crippen LogP contribution in [0.3, 0.4) is 0 Å². The highest BCUT2D eigenvalue weighted by Gasteiger charge is 2.32. The first-order valence-corrected chi connectivity index (χ1v) is 7.96. The van der Waals surface area contributed by atoms with Crippen LogP contribution in [-0.4, -0.2) is 77.1 Å². The Morgan fingerprint density at radius 1 is 1.19 bits per heavy atom. The zero-order valence-corrected chi connectivity index (χ0v) is 13.1. The van der Waals surface area contributed by atoms with Gasteiger partial charge in [-0.25, -0.2) is 4.79 Å². The molecule has 120 valence electrons. The number of hydrogen-bond donors (Lipinski definition) is 1. The van der Waals surface area contributed by atoms with Crippen molar-refractivity contribution in [1.82, 2.24) is 14.7 Å². The second-order valence-corrected chi connectivity index (χ2v) is 6.33. The summed E-state index contributed by atoms with van der Waals surface area (Å²) in [4.78, 5) is 29.6. The number of amides is 2. The van der Waals surface area contributed by atoms with Gasteiger partial charge in [0.2, 0.25) is 0 Å². The van der Waals surface area contributed by atoms with Gasteiger partial charge in [-0.05, 0) is 39.7 Å². The van der Waals surface area contributed by atoms with E-state index in [9.17, 15) is 9.59 Å². The van der Waals surface area contributed by atoms with Crippen LogP contribution in [0.25, 0.3) is 0 Å². The number of nitrogens with zero attached hydrogens (tertiary/aromatic N) is 3. The number of piperidine rings is 1. The Balaban J connectivity index is 1.96. The first kappa shape index (κ1) is 16.1. The molecule has 6 heteroatoms. The quantitative estimate of drug-likeness (QED) is 0.856. The largest absolute Gasteiger partial charge is 0.481 e. The molecule has 6 nitrogen and oxygen atoms in total. The molecule has 0 aromatic heterocycles. The van der Waals surface area contributed by atoms with Gasteiger partial charge in [-0.2, -0.15) is 0 Å². The number of piperazine rings is 1. The summed E-state index contributed by atoms with van der Waals surface area (Å²) in [5, 5.41) is 8.86. The number of carbonyl (C=O) groups excluding carboxylic acids is 1. The number of likely N-dealkylation sites (N-methyl/N-ethyl adjacent to an activating group) is 1. The van der Waals surface area contributed by atoms with E-state index in [1.807, 2.05) is 9.80 Å². The van der Waals surface area contributed by atoms with Crippen LogP contribution >= 0.6 is 0 Å². The number of hydrogen-bond acceptors (Lipinski definition) is 3. The Hall–Kier alpha value is -1.30. The summed E-state index contributed by atoms with van der Waals surface area (Å²) in [6.07, 6.45) is 3.77. The van der Waals surface area contributed by atoms with E-state index in [0.717, 1.165) is 45.4 Å². The summed E-state index contributed by atoms with van der Waals surface area (Å²) in [5.74, 6) is -0.777. The molecule has 0 spiro atoms. The molecule has 2 amide bonds. The Kier molecular flexibility index (Phi) is 5.45. The van der Waals surface area contributed by atoms with Gasteiger partial charge in [-0.1, -0.05) is 0 Å². The molecule has 0 radical (unpaired) electrons. The summed E-state index contributed by atoms with van der Waals surface area (Å²) in [6.45, 7) is 5.33. The molecule has 2 fully saturated rings. The maximum atomic E-state index is 12.7. The topological polar surface area (TPSA) is 64.1 Å². The minimum absolute atomic E-state index is 0.0947. The Labute approximate surface area is 126 Å². The predicted molar refractivity (Wildman–Crippen MR) is 80.3 cm³/mol. The number of rotatable bonds is 3. The Morgan fingerprint density at radius 3 is 2.62 bits per heavy atom. The molecule has 2 unspecified atom stereocenters. The van der Waals surface area contributed by atoms with Crippen molar-refractivity contribution in [2.45, 2.75) is 51.1 Å². The normalized spacial score (nSPS) is 27.7. The van der Waals surface area contributed by atoms with Crippen molar-refractivity contribution in [3.63, 3.8) is 0 Å². The molecule has 0 aromatic carbocycles. The summed E-state index contributed by atoms with van der Waals surface area (Å²) >= 11 is 0. The van der Waals surface area contributed by atoms with Crippen molar-refractivity contribution < 1.29 is 14.7 Å². The fraction of sp³-hybridized carbons (Fsp3) is 0.867. The molecular formula is C15H27N3O3. The van der Waals surface area contributed by atoms with Crippen LogP contribution in [0.1, 0.15) is 39.0 Å². The molecule has 0 saturated carbocycles. The zero-order chi connectivity index (χ0) is 15.4. The second-order valence-electron chi connectivity index (χ2n) is 6.33. The second kappa shape index (κ2) is 7.11. The summed E-state index contributed by atoms with van der Waals surface area (Å²) in [7, 11) is 2.09. The minimum Gasteiger partial charge on any atom is -0.481 e. The fourth-order valence-electron chi connectivity index (χ4n) is 3.25. The first-order chi connectivity index (χ1) is 9.99. The van der Waals surface area contributed by atoms with Crippen molar-refractivity contribution in [3.05, 3.63) is 0 Å². The van der Waals surface area contributed by atoms with Gasteiger partial charge in [0, 0.05) is 44.7 Å². The molecular weight excluding hydrogens is 270 g/mol. The van der Waals surface area contributed by atoms with Crippen LogP contribution in [0.2, 0.25) is 0 Å². The highest BCUT2D eigenvalue weighted by Crippen LogP contribution is 2.23. The molecule has 0 aromatic rings. The number of carboxylic acid groups (broad SMARTS) is 1. The van der Waals surface area contributed by atoms with Gasteiger partial charge in [0.1, 0.15) is 0 Å². The number of likely N-dealkylation sites (tertiary alicyclic amines) is 1. The third kappa shape index (κ3) is 4.09. The minimum atomic E-state index is -0.777. The average Bonchev–Trinajstić information content (AvgIpc) is 2.47. The van der Waals surface area contributed by atoms with E-state index in [1.54, 1.807) is 0 Å². The molecule has 1 N–H and O–H groups in total.